The number of hydrogen-bond acceptors (Lipinski definition) is 3. The number of carbonyl (C=O) groups is 1. The van der Waals surface area contributed by atoms with Crippen LogP contribution in [0.15, 0.2) is 78.9 Å². The van der Waals surface area contributed by atoms with Gasteiger partial charge in [-0.3, -0.25) is 4.79 Å². The Morgan fingerprint density at radius 1 is 0.786 bits per heavy atom. The lowest BCUT2D eigenvalue weighted by molar-refractivity contribution is 0.0512. The summed E-state index contributed by atoms with van der Waals surface area (Å²) in [5.74, 6) is 0.961. The summed E-state index contributed by atoms with van der Waals surface area (Å²) >= 11 is 0. The molecule has 0 heterocycles. The number of rotatable bonds is 7. The highest BCUT2D eigenvalue weighted by molar-refractivity contribution is 6.00. The molecule has 4 rings (SSSR count). The number of aryl methyl sites for hydroxylation is 1. The Hall–Kier alpha value is -3.17. The molecular weight excluding hydrogens is 348 g/mol. The quantitative estimate of drug-likeness (QED) is 0.305. The molecule has 0 unspecified atom stereocenters. The van der Waals surface area contributed by atoms with E-state index in [1.165, 1.54) is 0 Å². The summed E-state index contributed by atoms with van der Waals surface area (Å²) in [6.07, 6.45) is 1.22. The summed E-state index contributed by atoms with van der Waals surface area (Å²) in [5, 5.41) is 4.51. The van der Waals surface area contributed by atoms with Crippen molar-refractivity contribution in [2.75, 3.05) is 13.9 Å². The Morgan fingerprint density at radius 2 is 1.50 bits per heavy atom. The van der Waals surface area contributed by atoms with Crippen LogP contribution in [0.3, 0.4) is 0 Å². The van der Waals surface area contributed by atoms with Crippen LogP contribution in [0.4, 0.5) is 0 Å². The maximum Gasteiger partial charge on any atom is 0.188 e. The van der Waals surface area contributed by atoms with Gasteiger partial charge in [-0.1, -0.05) is 60.7 Å². The van der Waals surface area contributed by atoms with Crippen LogP contribution in [0, 0.1) is 0 Å². The van der Waals surface area contributed by atoms with Crippen molar-refractivity contribution in [1.29, 1.82) is 0 Å². The zero-order valence-corrected chi connectivity index (χ0v) is 15.9. The zero-order chi connectivity index (χ0) is 19.3. The zero-order valence-electron chi connectivity index (χ0n) is 15.9. The average Bonchev–Trinajstić information content (AvgIpc) is 2.75. The number of ketones is 1. The molecule has 0 bridgehead atoms. The molecule has 0 radical (unpaired) electrons. The van der Waals surface area contributed by atoms with Crippen molar-refractivity contribution in [3.8, 4) is 5.75 Å². The van der Waals surface area contributed by atoms with Crippen LogP contribution in [0.25, 0.3) is 21.5 Å². The van der Waals surface area contributed by atoms with Crippen molar-refractivity contribution in [2.45, 2.75) is 12.8 Å². The fourth-order valence-electron chi connectivity index (χ4n) is 3.41. The molecule has 4 aromatic rings. The van der Waals surface area contributed by atoms with Crippen molar-refractivity contribution in [1.82, 2.24) is 0 Å². The third-order valence-electron chi connectivity index (χ3n) is 4.93. The Kier molecular flexibility index (Phi) is 5.36. The standard InChI is InChI=1S/C25H22O3/c1-27-17-28-24-12-11-21-14-18(6-8-22(21)16-24)7-13-25(26)23-10-9-19-4-2-3-5-20(19)15-23/h2-6,8-12,14-16H,7,13,17H2,1H3. The second-order valence-corrected chi connectivity index (χ2v) is 6.88. The molecule has 0 aromatic heterocycles. The molecule has 0 fully saturated rings. The van der Waals surface area contributed by atoms with Crippen molar-refractivity contribution in [2.24, 2.45) is 0 Å². The Morgan fingerprint density at radius 3 is 2.36 bits per heavy atom. The smallest absolute Gasteiger partial charge is 0.188 e. The van der Waals surface area contributed by atoms with Crippen LogP contribution in [-0.2, 0) is 11.2 Å². The number of carbonyl (C=O) groups excluding carboxylic acids is 1. The molecule has 0 saturated heterocycles. The van der Waals surface area contributed by atoms with E-state index in [0.717, 1.165) is 44.8 Å². The SMILES string of the molecule is COCOc1ccc2cc(CCC(=O)c3ccc4ccccc4c3)ccc2c1. The largest absolute Gasteiger partial charge is 0.468 e. The fourth-order valence-corrected chi connectivity index (χ4v) is 3.41. The fraction of sp³-hybridized carbons (Fsp3) is 0.160. The van der Waals surface area contributed by atoms with Gasteiger partial charge in [0.15, 0.2) is 12.6 Å². The molecule has 0 amide bonds. The van der Waals surface area contributed by atoms with Gasteiger partial charge in [-0.15, -0.1) is 0 Å². The van der Waals surface area contributed by atoms with Gasteiger partial charge in [0.05, 0.1) is 0 Å². The Labute approximate surface area is 164 Å². The molecule has 3 nitrogen and oxygen atoms in total. The second-order valence-electron chi connectivity index (χ2n) is 6.88. The van der Waals surface area contributed by atoms with Gasteiger partial charge in [-0.25, -0.2) is 0 Å². The monoisotopic (exact) mass is 370 g/mol. The summed E-state index contributed by atoms with van der Waals surface area (Å²) in [6, 6.07) is 26.3. The minimum absolute atomic E-state index is 0.175. The van der Waals surface area contributed by atoms with E-state index in [9.17, 15) is 4.79 Å². The molecule has 3 heteroatoms. The van der Waals surface area contributed by atoms with Gasteiger partial charge < -0.3 is 9.47 Å². The molecule has 28 heavy (non-hydrogen) atoms. The molecular formula is C25H22O3. The Bertz CT molecular complexity index is 1130. The first kappa shape index (κ1) is 18.2. The van der Waals surface area contributed by atoms with E-state index in [1.807, 2.05) is 54.6 Å². The molecule has 0 saturated carbocycles. The number of benzene rings is 4. The van der Waals surface area contributed by atoms with E-state index in [0.29, 0.717) is 6.42 Å². The number of ether oxygens (including phenoxy) is 2. The molecule has 0 atom stereocenters. The first-order valence-electron chi connectivity index (χ1n) is 9.39. The third kappa shape index (κ3) is 4.05. The normalized spacial score (nSPS) is 11.0. The van der Waals surface area contributed by atoms with Crippen LogP contribution < -0.4 is 4.74 Å². The summed E-state index contributed by atoms with van der Waals surface area (Å²) in [5.41, 5.74) is 1.94. The van der Waals surface area contributed by atoms with Gasteiger partial charge in [0.1, 0.15) is 5.75 Å². The average molecular weight is 370 g/mol. The number of hydrogen-bond donors (Lipinski definition) is 0. The number of Topliss-reactive ketones (excluding diaryl/α,β-unsaturated/α-hetero) is 1. The van der Waals surface area contributed by atoms with Gasteiger partial charge in [0.2, 0.25) is 0 Å². The Balaban J connectivity index is 1.45. The van der Waals surface area contributed by atoms with E-state index in [1.54, 1.807) is 7.11 Å². The van der Waals surface area contributed by atoms with Gasteiger partial charge in [-0.2, -0.15) is 0 Å². The highest BCUT2D eigenvalue weighted by Crippen LogP contribution is 2.23. The van der Waals surface area contributed by atoms with Crippen molar-refractivity contribution in [3.63, 3.8) is 0 Å². The van der Waals surface area contributed by atoms with Crippen LogP contribution in [0.5, 0.6) is 5.75 Å². The van der Waals surface area contributed by atoms with Gasteiger partial charge in [-0.05, 0) is 51.7 Å². The van der Waals surface area contributed by atoms with Crippen molar-refractivity contribution in [3.05, 3.63) is 90.0 Å². The lowest BCUT2D eigenvalue weighted by Gasteiger charge is -2.08. The third-order valence-corrected chi connectivity index (χ3v) is 4.93. The van der Waals surface area contributed by atoms with E-state index in [2.05, 4.69) is 24.3 Å². The maximum atomic E-state index is 12.6. The van der Waals surface area contributed by atoms with Crippen LogP contribution in [-0.4, -0.2) is 19.7 Å². The van der Waals surface area contributed by atoms with Crippen molar-refractivity contribution >= 4 is 27.3 Å². The number of fused-ring (bicyclic) bond motifs is 2. The highest BCUT2D eigenvalue weighted by Gasteiger charge is 2.08. The molecule has 0 spiro atoms. The maximum absolute atomic E-state index is 12.6. The van der Waals surface area contributed by atoms with Gasteiger partial charge in [0.25, 0.3) is 0 Å². The summed E-state index contributed by atoms with van der Waals surface area (Å²) < 4.78 is 10.4. The summed E-state index contributed by atoms with van der Waals surface area (Å²) in [6.45, 7) is 0.237. The van der Waals surface area contributed by atoms with E-state index >= 15 is 0 Å². The molecule has 140 valence electrons. The topological polar surface area (TPSA) is 35.5 Å². The lowest BCUT2D eigenvalue weighted by Crippen LogP contribution is -2.01. The van der Waals surface area contributed by atoms with Gasteiger partial charge in [0, 0.05) is 19.1 Å². The molecule has 0 aliphatic heterocycles. The van der Waals surface area contributed by atoms with Crippen LogP contribution in [0.1, 0.15) is 22.3 Å². The lowest BCUT2D eigenvalue weighted by atomic mass is 9.98. The predicted octanol–water partition coefficient (Wildman–Crippen LogP) is 5.79. The first-order chi connectivity index (χ1) is 13.7. The number of methoxy groups -OCH3 is 1. The van der Waals surface area contributed by atoms with E-state index in [-0.39, 0.29) is 12.6 Å². The van der Waals surface area contributed by atoms with Crippen LogP contribution >= 0.6 is 0 Å². The first-order valence-corrected chi connectivity index (χ1v) is 9.39. The highest BCUT2D eigenvalue weighted by atomic mass is 16.7. The second kappa shape index (κ2) is 8.24. The van der Waals surface area contributed by atoms with E-state index in [4.69, 9.17) is 9.47 Å². The molecule has 0 aliphatic rings. The molecule has 0 N–H and O–H groups in total. The minimum atomic E-state index is 0.175. The summed E-state index contributed by atoms with van der Waals surface area (Å²) in [7, 11) is 1.60. The van der Waals surface area contributed by atoms with E-state index < -0.39 is 0 Å². The van der Waals surface area contributed by atoms with Gasteiger partial charge >= 0.3 is 0 Å². The predicted molar refractivity (Wildman–Crippen MR) is 113 cm³/mol. The molecule has 0 aliphatic carbocycles. The van der Waals surface area contributed by atoms with Crippen molar-refractivity contribution < 1.29 is 14.3 Å². The minimum Gasteiger partial charge on any atom is -0.468 e. The summed E-state index contributed by atoms with van der Waals surface area (Å²) in [4.78, 5) is 12.6. The molecule has 4 aromatic carbocycles. The van der Waals surface area contributed by atoms with Crippen LogP contribution in [0.2, 0.25) is 0 Å².